The number of carbonyl (C=O) groups is 1. The smallest absolute Gasteiger partial charge is 0.370 e. The van der Waals surface area contributed by atoms with Gasteiger partial charge in [0.1, 0.15) is 18.0 Å². The summed E-state index contributed by atoms with van der Waals surface area (Å²) in [6.45, 7) is 3.58. The fourth-order valence-corrected chi connectivity index (χ4v) is 3.14. The zero-order valence-corrected chi connectivity index (χ0v) is 10.3. The second-order valence-corrected chi connectivity index (χ2v) is 5.09. The van der Waals surface area contributed by atoms with Gasteiger partial charge in [-0.3, -0.25) is 0 Å². The third-order valence-corrected chi connectivity index (χ3v) is 3.85. The highest BCUT2D eigenvalue weighted by atomic mass is 16.4. The number of hydrogen-bond acceptors (Lipinski definition) is 3. The van der Waals surface area contributed by atoms with Crippen molar-refractivity contribution in [1.82, 2.24) is 0 Å². The molecule has 96 valence electrons. The van der Waals surface area contributed by atoms with Gasteiger partial charge in [-0.25, -0.2) is 14.8 Å². The molecule has 0 spiro atoms. The molecule has 2 aliphatic heterocycles. The molecule has 5 heteroatoms. The minimum absolute atomic E-state index is 0.110. The van der Waals surface area contributed by atoms with Crippen LogP contribution in [0.25, 0.3) is 0 Å². The highest BCUT2D eigenvalue weighted by molar-refractivity contribution is 5.81. The second-order valence-electron chi connectivity index (χ2n) is 5.09. The lowest BCUT2D eigenvalue weighted by Gasteiger charge is -2.32. The maximum absolute atomic E-state index is 11.5. The zero-order valence-electron chi connectivity index (χ0n) is 10.3. The molecule has 3 rings (SSSR count). The molecule has 0 bridgehead atoms. The fourth-order valence-electron chi connectivity index (χ4n) is 3.14. The minimum atomic E-state index is -0.866. The van der Waals surface area contributed by atoms with Gasteiger partial charge in [-0.2, -0.15) is 0 Å². The van der Waals surface area contributed by atoms with Gasteiger partial charge in [0.25, 0.3) is 0 Å². The van der Waals surface area contributed by atoms with Gasteiger partial charge in [0.05, 0.1) is 12.1 Å². The molecular formula is C13H17N2O3+. The largest absolute Gasteiger partial charge is 0.507 e. The van der Waals surface area contributed by atoms with Crippen molar-refractivity contribution in [2.75, 3.05) is 18.1 Å². The minimum Gasteiger partial charge on any atom is -0.507 e. The monoisotopic (exact) mass is 249 g/mol. The van der Waals surface area contributed by atoms with Gasteiger partial charge >= 0.3 is 5.97 Å². The summed E-state index contributed by atoms with van der Waals surface area (Å²) < 4.78 is 0. The number of carboxylic acid groups (broad SMARTS) is 1. The van der Waals surface area contributed by atoms with Crippen molar-refractivity contribution in [2.24, 2.45) is 0 Å². The summed E-state index contributed by atoms with van der Waals surface area (Å²) in [4.78, 5) is 11.5. The number of nitrogens with zero attached hydrogens (tertiary/aromatic N) is 1. The van der Waals surface area contributed by atoms with Crippen molar-refractivity contribution in [3.05, 3.63) is 23.3 Å². The van der Waals surface area contributed by atoms with E-state index in [1.807, 2.05) is 13.0 Å². The Hall–Kier alpha value is -1.75. The number of nitrogens with one attached hydrogen (secondary N) is 1. The van der Waals surface area contributed by atoms with Gasteiger partial charge in [-0.15, -0.1) is 0 Å². The fraction of sp³-hybridized carbons (Fsp3) is 0.462. The van der Waals surface area contributed by atoms with Gasteiger partial charge in [-0.05, 0) is 31.0 Å². The van der Waals surface area contributed by atoms with E-state index in [1.54, 1.807) is 6.07 Å². The van der Waals surface area contributed by atoms with Crippen LogP contribution in [0.4, 0.5) is 5.69 Å². The van der Waals surface area contributed by atoms with E-state index in [1.165, 1.54) is 0 Å². The predicted octanol–water partition coefficient (Wildman–Crippen LogP) is 0.240. The highest BCUT2D eigenvalue weighted by Gasteiger charge is 2.48. The van der Waals surface area contributed by atoms with Crippen LogP contribution < -0.4 is 10.0 Å². The standard InChI is InChI=1S/C13H16N2O3/c1-8-6-9-11(10(16)7-8)12(13(17)18)15-5-3-2-4-14(9)15/h6-7,12,16H,2-5H2,1H3,(H,17,18)/p+1. The van der Waals surface area contributed by atoms with Crippen LogP contribution in [0.1, 0.15) is 30.0 Å². The quantitative estimate of drug-likeness (QED) is 0.667. The molecule has 5 nitrogen and oxygen atoms in total. The third kappa shape index (κ3) is 1.47. The third-order valence-electron chi connectivity index (χ3n) is 3.85. The number of aliphatic carboxylic acids is 1. The number of benzene rings is 1. The molecule has 0 amide bonds. The van der Waals surface area contributed by atoms with Gasteiger partial charge in [0.2, 0.25) is 6.04 Å². The second kappa shape index (κ2) is 3.88. The summed E-state index contributed by atoms with van der Waals surface area (Å²) in [7, 11) is 0. The number of hydrogen-bond donors (Lipinski definition) is 3. The molecule has 1 saturated heterocycles. The first-order valence-electron chi connectivity index (χ1n) is 6.29. The Morgan fingerprint density at radius 3 is 2.94 bits per heavy atom. The van der Waals surface area contributed by atoms with E-state index in [-0.39, 0.29) is 5.75 Å². The van der Waals surface area contributed by atoms with Crippen molar-refractivity contribution < 1.29 is 20.0 Å². The molecule has 0 radical (unpaired) electrons. The highest BCUT2D eigenvalue weighted by Crippen LogP contribution is 2.38. The Morgan fingerprint density at radius 2 is 2.22 bits per heavy atom. The molecule has 0 aromatic heterocycles. The molecule has 3 N–H and O–H groups in total. The Morgan fingerprint density at radius 1 is 1.44 bits per heavy atom. The van der Waals surface area contributed by atoms with Gasteiger partial charge in [0, 0.05) is 6.42 Å². The molecule has 1 aromatic carbocycles. The van der Waals surface area contributed by atoms with Crippen LogP contribution in [0.5, 0.6) is 5.75 Å². The number of aryl methyl sites for hydroxylation is 1. The first-order chi connectivity index (χ1) is 8.59. The summed E-state index contributed by atoms with van der Waals surface area (Å²) >= 11 is 0. The number of aromatic hydroxyl groups is 1. The summed E-state index contributed by atoms with van der Waals surface area (Å²) in [5.41, 5.74) is 2.42. The van der Waals surface area contributed by atoms with Crippen LogP contribution in [-0.4, -0.2) is 29.3 Å². The van der Waals surface area contributed by atoms with Crippen LogP contribution >= 0.6 is 0 Å². The maximum Gasteiger partial charge on any atom is 0.370 e. The van der Waals surface area contributed by atoms with Crippen molar-refractivity contribution in [3.63, 3.8) is 0 Å². The Labute approximate surface area is 105 Å². The van der Waals surface area contributed by atoms with Crippen molar-refractivity contribution >= 4 is 11.7 Å². The van der Waals surface area contributed by atoms with Gasteiger partial charge in [0.15, 0.2) is 0 Å². The molecule has 0 aliphatic carbocycles. The lowest BCUT2D eigenvalue weighted by atomic mass is 10.0. The average molecular weight is 249 g/mol. The Bertz CT molecular complexity index is 515. The molecular weight excluding hydrogens is 232 g/mol. The number of anilines is 1. The molecule has 1 fully saturated rings. The number of phenols is 1. The van der Waals surface area contributed by atoms with Crippen LogP contribution in [0, 0.1) is 6.92 Å². The SMILES string of the molecule is Cc1cc(O)c2c(c1)N1CCCC[NH+]1C2C(=O)O. The molecule has 1 aromatic rings. The van der Waals surface area contributed by atoms with E-state index >= 15 is 0 Å². The molecule has 2 heterocycles. The van der Waals surface area contributed by atoms with E-state index < -0.39 is 12.0 Å². The molecule has 2 unspecified atom stereocenters. The first-order valence-corrected chi connectivity index (χ1v) is 6.29. The van der Waals surface area contributed by atoms with Crippen LogP contribution in [-0.2, 0) is 4.79 Å². The topological polar surface area (TPSA) is 65.2 Å². The van der Waals surface area contributed by atoms with Crippen molar-refractivity contribution in [3.8, 4) is 5.75 Å². The number of rotatable bonds is 1. The Kier molecular flexibility index (Phi) is 2.45. The number of fused-ring (bicyclic) bond motifs is 3. The number of quaternary nitrogens is 1. The predicted molar refractivity (Wildman–Crippen MR) is 65.6 cm³/mol. The van der Waals surface area contributed by atoms with Crippen LogP contribution in [0.2, 0.25) is 0 Å². The molecule has 2 atom stereocenters. The lowest BCUT2D eigenvalue weighted by Crippen LogP contribution is -3.19. The average Bonchev–Trinajstić information content (AvgIpc) is 2.64. The normalized spacial score (nSPS) is 25.7. The molecule has 18 heavy (non-hydrogen) atoms. The van der Waals surface area contributed by atoms with E-state index in [0.717, 1.165) is 42.2 Å². The van der Waals surface area contributed by atoms with E-state index in [0.29, 0.717) is 5.56 Å². The summed E-state index contributed by atoms with van der Waals surface area (Å²) in [6, 6.07) is 2.96. The van der Waals surface area contributed by atoms with Crippen LogP contribution in [0.15, 0.2) is 12.1 Å². The molecule has 0 saturated carbocycles. The van der Waals surface area contributed by atoms with Gasteiger partial charge < -0.3 is 10.2 Å². The molecule has 2 aliphatic rings. The maximum atomic E-state index is 11.5. The van der Waals surface area contributed by atoms with Crippen LogP contribution in [0.3, 0.4) is 0 Å². The summed E-state index contributed by atoms with van der Waals surface area (Å²) in [5, 5.41) is 22.5. The van der Waals surface area contributed by atoms with E-state index in [4.69, 9.17) is 0 Å². The zero-order chi connectivity index (χ0) is 12.9. The van der Waals surface area contributed by atoms with E-state index in [9.17, 15) is 15.0 Å². The summed E-state index contributed by atoms with van der Waals surface area (Å²) in [6.07, 6.45) is 2.10. The van der Waals surface area contributed by atoms with Crippen molar-refractivity contribution in [2.45, 2.75) is 25.8 Å². The van der Waals surface area contributed by atoms with Crippen molar-refractivity contribution in [1.29, 1.82) is 0 Å². The Balaban J connectivity index is 2.18. The summed E-state index contributed by atoms with van der Waals surface area (Å²) in [5.74, 6) is -0.755. The first kappa shape index (κ1) is 11.3. The number of phenolic OH excluding ortho intramolecular Hbond substituents is 1. The lowest BCUT2D eigenvalue weighted by molar-refractivity contribution is -0.929. The van der Waals surface area contributed by atoms with E-state index in [2.05, 4.69) is 5.01 Å². The number of carboxylic acids is 1. The van der Waals surface area contributed by atoms with Gasteiger partial charge in [-0.1, -0.05) is 0 Å².